The fourth-order valence-electron chi connectivity index (χ4n) is 5.00. The first-order valence-electron chi connectivity index (χ1n) is 12.6. The van der Waals surface area contributed by atoms with E-state index in [1.807, 2.05) is 4.90 Å². The maximum Gasteiger partial charge on any atom is 0.433 e. The van der Waals surface area contributed by atoms with Crippen molar-refractivity contribution in [2.24, 2.45) is 5.92 Å². The molecule has 0 spiro atoms. The Hall–Kier alpha value is -3.96. The van der Waals surface area contributed by atoms with Gasteiger partial charge in [-0.25, -0.2) is 4.98 Å². The summed E-state index contributed by atoms with van der Waals surface area (Å²) in [5.41, 5.74) is -0.546. The first-order valence-corrected chi connectivity index (χ1v) is 12.6. The lowest BCUT2D eigenvalue weighted by atomic mass is 10.1. The van der Waals surface area contributed by atoms with Gasteiger partial charge in [0.05, 0.1) is 5.52 Å². The molecular weight excluding hydrogens is 501 g/mol. The molecule has 2 aromatic heterocycles. The number of carbonyl (C=O) groups excluding carboxylic acids is 3. The zero-order valence-electron chi connectivity index (χ0n) is 20.6. The number of piperazine rings is 1. The van der Waals surface area contributed by atoms with Crippen molar-refractivity contribution in [3.05, 3.63) is 54.0 Å². The second kappa shape index (κ2) is 10.4. The van der Waals surface area contributed by atoms with Crippen LogP contribution < -0.4 is 5.32 Å². The van der Waals surface area contributed by atoms with E-state index in [1.165, 1.54) is 10.7 Å². The van der Waals surface area contributed by atoms with Crippen molar-refractivity contribution < 1.29 is 27.6 Å². The van der Waals surface area contributed by atoms with Gasteiger partial charge in [0.25, 0.3) is 5.91 Å². The van der Waals surface area contributed by atoms with Crippen LogP contribution in [0.1, 0.15) is 41.9 Å². The first kappa shape index (κ1) is 25.7. The molecule has 1 aliphatic heterocycles. The number of fused-ring (bicyclic) bond motifs is 1. The van der Waals surface area contributed by atoms with Crippen molar-refractivity contribution in [3.8, 4) is 0 Å². The highest BCUT2D eigenvalue weighted by molar-refractivity contribution is 6.03. The number of pyridine rings is 1. The molecule has 2 aliphatic rings. The SMILES string of the molecule is O=C(Nc1ccc2nn(CC(=O)N3CCN(C(=O)C4CCCC4)CC3)cc2c1)c1cccc(C(F)(F)F)n1. The molecular formula is C26H27F3N6O3. The molecule has 1 aliphatic carbocycles. The van der Waals surface area contributed by atoms with Gasteiger partial charge >= 0.3 is 6.18 Å². The van der Waals surface area contributed by atoms with Crippen LogP contribution in [0.15, 0.2) is 42.6 Å². The molecule has 3 heterocycles. The number of hydrogen-bond acceptors (Lipinski definition) is 5. The van der Waals surface area contributed by atoms with Crippen molar-refractivity contribution in [1.82, 2.24) is 24.6 Å². The number of anilines is 1. The Morgan fingerprint density at radius 2 is 1.68 bits per heavy atom. The largest absolute Gasteiger partial charge is 0.433 e. The minimum atomic E-state index is -4.65. The molecule has 2 fully saturated rings. The van der Waals surface area contributed by atoms with Gasteiger partial charge in [-0.3, -0.25) is 19.1 Å². The van der Waals surface area contributed by atoms with Crippen LogP contribution in [0.3, 0.4) is 0 Å². The van der Waals surface area contributed by atoms with Crippen molar-refractivity contribution in [2.75, 3.05) is 31.5 Å². The molecule has 3 aromatic rings. The van der Waals surface area contributed by atoms with Crippen LogP contribution in [0, 0.1) is 5.92 Å². The number of hydrogen-bond donors (Lipinski definition) is 1. The number of carbonyl (C=O) groups is 3. The van der Waals surface area contributed by atoms with Gasteiger partial charge in [-0.2, -0.15) is 18.3 Å². The smallest absolute Gasteiger partial charge is 0.339 e. The second-order valence-electron chi connectivity index (χ2n) is 9.65. The normalized spacial score (nSPS) is 16.7. The summed E-state index contributed by atoms with van der Waals surface area (Å²) >= 11 is 0. The molecule has 9 nitrogen and oxygen atoms in total. The van der Waals surface area contributed by atoms with Gasteiger partial charge in [0.2, 0.25) is 11.8 Å². The van der Waals surface area contributed by atoms with Gasteiger partial charge in [-0.1, -0.05) is 18.9 Å². The van der Waals surface area contributed by atoms with E-state index >= 15 is 0 Å². The number of halogens is 3. The van der Waals surface area contributed by atoms with Crippen LogP contribution in [0.5, 0.6) is 0 Å². The minimum Gasteiger partial charge on any atom is -0.339 e. The predicted octanol–water partition coefficient (Wildman–Crippen LogP) is 3.56. The fourth-order valence-corrected chi connectivity index (χ4v) is 5.00. The highest BCUT2D eigenvalue weighted by atomic mass is 19.4. The molecule has 0 bridgehead atoms. The summed E-state index contributed by atoms with van der Waals surface area (Å²) in [7, 11) is 0. The molecule has 1 saturated heterocycles. The molecule has 12 heteroatoms. The van der Waals surface area contributed by atoms with E-state index in [0.717, 1.165) is 37.8 Å². The van der Waals surface area contributed by atoms with Crippen molar-refractivity contribution in [2.45, 2.75) is 38.4 Å². The summed E-state index contributed by atoms with van der Waals surface area (Å²) in [4.78, 5) is 45.0. The second-order valence-corrected chi connectivity index (χ2v) is 9.65. The van der Waals surface area contributed by atoms with E-state index in [9.17, 15) is 27.6 Å². The molecule has 200 valence electrons. The average molecular weight is 529 g/mol. The van der Waals surface area contributed by atoms with E-state index in [0.29, 0.717) is 42.8 Å². The molecule has 0 unspecified atom stereocenters. The zero-order chi connectivity index (χ0) is 26.9. The Balaban J connectivity index is 1.18. The average Bonchev–Trinajstić information content (AvgIpc) is 3.58. The van der Waals surface area contributed by atoms with Crippen molar-refractivity contribution in [1.29, 1.82) is 0 Å². The standard InChI is InChI=1S/C26H27F3N6O3/c27-26(28,29)22-7-3-6-21(31-22)24(37)30-19-8-9-20-18(14-19)15-35(32-20)16-23(36)33-10-12-34(13-11-33)25(38)17-4-1-2-5-17/h3,6-9,14-15,17H,1-2,4-5,10-13,16H2,(H,30,37). The highest BCUT2D eigenvalue weighted by Crippen LogP contribution is 2.28. The van der Waals surface area contributed by atoms with E-state index < -0.39 is 17.8 Å². The van der Waals surface area contributed by atoms with Gasteiger partial charge in [0, 0.05) is 49.4 Å². The Labute approximate surface area is 216 Å². The van der Waals surface area contributed by atoms with Crippen molar-refractivity contribution >= 4 is 34.3 Å². The zero-order valence-corrected chi connectivity index (χ0v) is 20.6. The summed E-state index contributed by atoms with van der Waals surface area (Å²) in [6.45, 7) is 2.06. The number of rotatable bonds is 5. The Bertz CT molecular complexity index is 1360. The molecule has 1 aromatic carbocycles. The van der Waals surface area contributed by atoms with Crippen molar-refractivity contribution in [3.63, 3.8) is 0 Å². The predicted molar refractivity (Wildman–Crippen MR) is 132 cm³/mol. The van der Waals surface area contributed by atoms with Crippen LogP contribution in [-0.4, -0.2) is 68.5 Å². The molecule has 0 radical (unpaired) electrons. The quantitative estimate of drug-likeness (QED) is 0.546. The lowest BCUT2D eigenvalue weighted by Gasteiger charge is -2.36. The van der Waals surface area contributed by atoms with E-state index in [-0.39, 0.29) is 30.0 Å². The topological polar surface area (TPSA) is 100 Å². The lowest BCUT2D eigenvalue weighted by Crippen LogP contribution is -2.52. The molecule has 3 amide bonds. The third kappa shape index (κ3) is 5.63. The summed E-state index contributed by atoms with van der Waals surface area (Å²) in [6, 6.07) is 7.99. The molecule has 1 saturated carbocycles. The van der Waals surface area contributed by atoms with Crippen LogP contribution >= 0.6 is 0 Å². The summed E-state index contributed by atoms with van der Waals surface area (Å²) < 4.78 is 40.2. The summed E-state index contributed by atoms with van der Waals surface area (Å²) in [5, 5.41) is 7.62. The third-order valence-corrected chi connectivity index (χ3v) is 7.03. The van der Waals surface area contributed by atoms with Crippen LogP contribution in [0.4, 0.5) is 18.9 Å². The molecule has 5 rings (SSSR count). The maximum absolute atomic E-state index is 12.9. The Morgan fingerprint density at radius 3 is 2.39 bits per heavy atom. The van der Waals surface area contributed by atoms with Gasteiger partial charge in [0.1, 0.15) is 17.9 Å². The Kier molecular flexibility index (Phi) is 7.04. The third-order valence-electron chi connectivity index (χ3n) is 7.03. The van der Waals surface area contributed by atoms with E-state index in [4.69, 9.17) is 0 Å². The monoisotopic (exact) mass is 528 g/mol. The highest BCUT2D eigenvalue weighted by Gasteiger charge is 2.33. The number of benzene rings is 1. The van der Waals surface area contributed by atoms with E-state index in [2.05, 4.69) is 15.4 Å². The lowest BCUT2D eigenvalue weighted by molar-refractivity contribution is -0.142. The number of nitrogens with zero attached hydrogens (tertiary/aromatic N) is 5. The molecule has 1 N–H and O–H groups in total. The fraction of sp³-hybridized carbons (Fsp3) is 0.423. The molecule has 38 heavy (non-hydrogen) atoms. The van der Waals surface area contributed by atoms with Gasteiger partial charge < -0.3 is 15.1 Å². The van der Waals surface area contributed by atoms with Gasteiger partial charge in [-0.05, 0) is 43.2 Å². The number of alkyl halides is 3. The Morgan fingerprint density at radius 1 is 0.974 bits per heavy atom. The number of amides is 3. The number of aromatic nitrogens is 3. The molecule has 0 atom stereocenters. The van der Waals surface area contributed by atoms with Crippen LogP contribution in [0.25, 0.3) is 10.9 Å². The number of nitrogens with one attached hydrogen (secondary N) is 1. The minimum absolute atomic E-state index is 0.0289. The van der Waals surface area contributed by atoms with Crippen LogP contribution in [0.2, 0.25) is 0 Å². The summed E-state index contributed by atoms with van der Waals surface area (Å²) in [5.74, 6) is -0.539. The first-order chi connectivity index (χ1) is 18.2. The van der Waals surface area contributed by atoms with Gasteiger partial charge in [-0.15, -0.1) is 0 Å². The maximum atomic E-state index is 12.9. The summed E-state index contributed by atoms with van der Waals surface area (Å²) in [6.07, 6.45) is 1.14. The van der Waals surface area contributed by atoms with Gasteiger partial charge in [0.15, 0.2) is 0 Å². The van der Waals surface area contributed by atoms with Crippen LogP contribution in [-0.2, 0) is 22.3 Å². The van der Waals surface area contributed by atoms with E-state index in [1.54, 1.807) is 29.3 Å².